The van der Waals surface area contributed by atoms with Gasteiger partial charge in [-0.2, -0.15) is 11.8 Å². The highest BCUT2D eigenvalue weighted by Crippen LogP contribution is 2.28. The van der Waals surface area contributed by atoms with Gasteiger partial charge in [-0.05, 0) is 38.4 Å². The summed E-state index contributed by atoms with van der Waals surface area (Å²) in [6.45, 7) is 0.505. The molecule has 2 unspecified atom stereocenters. The SMILES string of the molecule is CSC1CCC(NC(=O)CNC2CCCC2)C1. The van der Waals surface area contributed by atoms with E-state index in [1.165, 1.54) is 32.1 Å². The Kier molecular flexibility index (Phi) is 5.16. The van der Waals surface area contributed by atoms with E-state index in [4.69, 9.17) is 0 Å². The molecule has 2 atom stereocenters. The molecule has 4 heteroatoms. The second kappa shape index (κ2) is 6.64. The first kappa shape index (κ1) is 13.2. The third-order valence-corrected chi connectivity index (χ3v) is 5.08. The summed E-state index contributed by atoms with van der Waals surface area (Å²) in [7, 11) is 0. The van der Waals surface area contributed by atoms with Crippen LogP contribution in [0.5, 0.6) is 0 Å². The fourth-order valence-corrected chi connectivity index (χ4v) is 3.73. The van der Waals surface area contributed by atoms with Crippen molar-refractivity contribution >= 4 is 17.7 Å². The van der Waals surface area contributed by atoms with Crippen LogP contribution in [-0.2, 0) is 4.79 Å². The molecule has 0 heterocycles. The molecule has 2 aliphatic rings. The molecule has 0 aromatic rings. The predicted molar refractivity (Wildman–Crippen MR) is 73.3 cm³/mol. The molecule has 1 amide bonds. The highest BCUT2D eigenvalue weighted by atomic mass is 32.2. The van der Waals surface area contributed by atoms with Crippen LogP contribution in [0.3, 0.4) is 0 Å². The van der Waals surface area contributed by atoms with E-state index in [2.05, 4.69) is 16.9 Å². The third kappa shape index (κ3) is 4.18. The molecule has 2 fully saturated rings. The van der Waals surface area contributed by atoms with E-state index in [0.29, 0.717) is 18.6 Å². The zero-order valence-corrected chi connectivity index (χ0v) is 11.5. The Morgan fingerprint density at radius 2 is 1.94 bits per heavy atom. The Morgan fingerprint density at radius 1 is 1.18 bits per heavy atom. The first-order valence-electron chi connectivity index (χ1n) is 6.83. The number of hydrogen-bond acceptors (Lipinski definition) is 3. The molecule has 0 radical (unpaired) electrons. The number of nitrogens with one attached hydrogen (secondary N) is 2. The number of amides is 1. The minimum absolute atomic E-state index is 0.184. The van der Waals surface area contributed by atoms with Crippen LogP contribution in [0, 0.1) is 0 Å². The van der Waals surface area contributed by atoms with Crippen molar-refractivity contribution in [1.29, 1.82) is 0 Å². The molecule has 0 spiro atoms. The zero-order valence-electron chi connectivity index (χ0n) is 10.7. The Balaban J connectivity index is 1.60. The number of rotatable bonds is 5. The standard InChI is InChI=1S/C13H24N2OS/c1-17-12-7-6-11(8-12)15-13(16)9-14-10-4-2-3-5-10/h10-12,14H,2-9H2,1H3,(H,15,16). The van der Waals surface area contributed by atoms with Crippen molar-refractivity contribution in [2.24, 2.45) is 0 Å². The van der Waals surface area contributed by atoms with Crippen molar-refractivity contribution in [3.8, 4) is 0 Å². The van der Waals surface area contributed by atoms with E-state index in [1.807, 2.05) is 11.8 Å². The Labute approximate surface area is 108 Å². The lowest BCUT2D eigenvalue weighted by atomic mass is 10.2. The summed E-state index contributed by atoms with van der Waals surface area (Å²) >= 11 is 1.93. The lowest BCUT2D eigenvalue weighted by molar-refractivity contribution is -0.121. The lowest BCUT2D eigenvalue weighted by Gasteiger charge is -2.15. The van der Waals surface area contributed by atoms with Gasteiger partial charge in [-0.15, -0.1) is 0 Å². The average molecular weight is 256 g/mol. The quantitative estimate of drug-likeness (QED) is 0.789. The van der Waals surface area contributed by atoms with Crippen molar-refractivity contribution < 1.29 is 4.79 Å². The molecular formula is C13H24N2OS. The van der Waals surface area contributed by atoms with E-state index in [-0.39, 0.29) is 5.91 Å². The van der Waals surface area contributed by atoms with Gasteiger partial charge in [0.2, 0.25) is 5.91 Å². The van der Waals surface area contributed by atoms with E-state index in [1.54, 1.807) is 0 Å². The summed E-state index contributed by atoms with van der Waals surface area (Å²) < 4.78 is 0. The number of carbonyl (C=O) groups is 1. The van der Waals surface area contributed by atoms with Crippen molar-refractivity contribution in [2.45, 2.75) is 62.3 Å². The lowest BCUT2D eigenvalue weighted by Crippen LogP contribution is -2.41. The molecular weight excluding hydrogens is 232 g/mol. The van der Waals surface area contributed by atoms with Gasteiger partial charge in [-0.3, -0.25) is 4.79 Å². The van der Waals surface area contributed by atoms with Gasteiger partial charge in [0.25, 0.3) is 0 Å². The van der Waals surface area contributed by atoms with Crippen LogP contribution in [0.15, 0.2) is 0 Å². The number of carbonyl (C=O) groups excluding carboxylic acids is 1. The minimum atomic E-state index is 0.184. The fraction of sp³-hybridized carbons (Fsp3) is 0.923. The van der Waals surface area contributed by atoms with Crippen molar-refractivity contribution in [3.63, 3.8) is 0 Å². The van der Waals surface area contributed by atoms with Crippen LogP contribution in [-0.4, -0.2) is 36.0 Å². The first-order valence-corrected chi connectivity index (χ1v) is 8.12. The average Bonchev–Trinajstić information content (AvgIpc) is 2.97. The zero-order chi connectivity index (χ0) is 12.1. The molecule has 2 N–H and O–H groups in total. The second-order valence-corrected chi connectivity index (χ2v) is 6.44. The molecule has 0 bridgehead atoms. The monoisotopic (exact) mass is 256 g/mol. The van der Waals surface area contributed by atoms with Crippen LogP contribution in [0.25, 0.3) is 0 Å². The highest BCUT2D eigenvalue weighted by Gasteiger charge is 2.25. The van der Waals surface area contributed by atoms with E-state index < -0.39 is 0 Å². The number of hydrogen-bond donors (Lipinski definition) is 2. The van der Waals surface area contributed by atoms with Crippen LogP contribution in [0.1, 0.15) is 44.9 Å². The van der Waals surface area contributed by atoms with Gasteiger partial charge in [-0.25, -0.2) is 0 Å². The summed E-state index contributed by atoms with van der Waals surface area (Å²) in [4.78, 5) is 11.8. The predicted octanol–water partition coefficient (Wildman–Crippen LogP) is 1.92. The second-order valence-electron chi connectivity index (χ2n) is 5.30. The van der Waals surface area contributed by atoms with E-state index in [9.17, 15) is 4.79 Å². The normalized spacial score (nSPS) is 29.7. The Morgan fingerprint density at radius 3 is 2.59 bits per heavy atom. The van der Waals surface area contributed by atoms with Crippen LogP contribution >= 0.6 is 11.8 Å². The molecule has 0 aromatic heterocycles. The van der Waals surface area contributed by atoms with Crippen molar-refractivity contribution in [3.05, 3.63) is 0 Å². The van der Waals surface area contributed by atoms with Crippen molar-refractivity contribution in [1.82, 2.24) is 10.6 Å². The molecule has 0 aromatic carbocycles. The molecule has 2 rings (SSSR count). The molecule has 17 heavy (non-hydrogen) atoms. The maximum Gasteiger partial charge on any atom is 0.234 e. The first-order chi connectivity index (χ1) is 8.28. The molecule has 3 nitrogen and oxygen atoms in total. The molecule has 2 saturated carbocycles. The van der Waals surface area contributed by atoms with Gasteiger partial charge >= 0.3 is 0 Å². The molecule has 0 aliphatic heterocycles. The summed E-state index contributed by atoms with van der Waals surface area (Å²) in [5.41, 5.74) is 0. The Hall–Kier alpha value is -0.220. The van der Waals surface area contributed by atoms with Gasteiger partial charge < -0.3 is 10.6 Å². The van der Waals surface area contributed by atoms with Gasteiger partial charge in [0.1, 0.15) is 0 Å². The van der Waals surface area contributed by atoms with Crippen molar-refractivity contribution in [2.75, 3.05) is 12.8 Å². The fourth-order valence-electron chi connectivity index (χ4n) is 2.93. The largest absolute Gasteiger partial charge is 0.352 e. The maximum absolute atomic E-state index is 11.8. The van der Waals surface area contributed by atoms with Crippen LogP contribution < -0.4 is 10.6 Å². The van der Waals surface area contributed by atoms with Gasteiger partial charge in [-0.1, -0.05) is 12.8 Å². The Bertz CT molecular complexity index is 254. The van der Waals surface area contributed by atoms with Crippen LogP contribution in [0.4, 0.5) is 0 Å². The minimum Gasteiger partial charge on any atom is -0.352 e. The highest BCUT2D eigenvalue weighted by molar-refractivity contribution is 7.99. The van der Waals surface area contributed by atoms with E-state index in [0.717, 1.165) is 18.1 Å². The third-order valence-electron chi connectivity index (χ3n) is 3.99. The van der Waals surface area contributed by atoms with E-state index >= 15 is 0 Å². The molecule has 0 saturated heterocycles. The number of thioether (sulfide) groups is 1. The summed E-state index contributed by atoms with van der Waals surface area (Å²) in [6, 6.07) is 1.01. The summed E-state index contributed by atoms with van der Waals surface area (Å²) in [5.74, 6) is 0.184. The van der Waals surface area contributed by atoms with Crippen LogP contribution in [0.2, 0.25) is 0 Å². The topological polar surface area (TPSA) is 41.1 Å². The maximum atomic E-state index is 11.8. The summed E-state index contributed by atoms with van der Waals surface area (Å²) in [6.07, 6.45) is 10.8. The van der Waals surface area contributed by atoms with Gasteiger partial charge in [0, 0.05) is 17.3 Å². The van der Waals surface area contributed by atoms with Gasteiger partial charge in [0.15, 0.2) is 0 Å². The molecule has 98 valence electrons. The smallest absolute Gasteiger partial charge is 0.234 e. The van der Waals surface area contributed by atoms with Gasteiger partial charge in [0.05, 0.1) is 6.54 Å². The summed E-state index contributed by atoms with van der Waals surface area (Å²) in [5, 5.41) is 7.27. The molecule has 2 aliphatic carbocycles.